The van der Waals surface area contributed by atoms with Crippen molar-refractivity contribution >= 4 is 11.9 Å². The van der Waals surface area contributed by atoms with Crippen LogP contribution in [0.15, 0.2) is 48.5 Å². The molecule has 9 heteroatoms. The molecular formula is C25H28F3N3O3. The second-order valence-corrected chi connectivity index (χ2v) is 8.86. The van der Waals surface area contributed by atoms with Gasteiger partial charge >= 0.3 is 12.2 Å². The number of ether oxygens (including phenoxy) is 1. The third-order valence-electron chi connectivity index (χ3n) is 6.92. The van der Waals surface area contributed by atoms with E-state index >= 15 is 0 Å². The molecule has 2 aromatic carbocycles. The molecule has 3 amide bonds. The van der Waals surface area contributed by atoms with Crippen molar-refractivity contribution in [2.45, 2.75) is 37.5 Å². The molecule has 0 aliphatic carbocycles. The Kier molecular flexibility index (Phi) is 6.58. The number of carbonyl (C=O) groups is 2. The summed E-state index contributed by atoms with van der Waals surface area (Å²) in [7, 11) is 3.09. The van der Waals surface area contributed by atoms with E-state index in [1.54, 1.807) is 18.1 Å². The van der Waals surface area contributed by atoms with Crippen LogP contribution in [-0.4, -0.2) is 66.0 Å². The van der Waals surface area contributed by atoms with Crippen molar-refractivity contribution in [1.82, 2.24) is 14.7 Å². The van der Waals surface area contributed by atoms with Gasteiger partial charge in [0, 0.05) is 33.2 Å². The van der Waals surface area contributed by atoms with Gasteiger partial charge in [-0.05, 0) is 48.6 Å². The summed E-state index contributed by atoms with van der Waals surface area (Å²) in [5, 5.41) is 0. The van der Waals surface area contributed by atoms with Crippen molar-refractivity contribution in [3.05, 3.63) is 65.2 Å². The van der Waals surface area contributed by atoms with E-state index in [0.29, 0.717) is 38.9 Å². The normalized spacial score (nSPS) is 18.7. The average molecular weight is 476 g/mol. The number of carbonyl (C=O) groups excluding carboxylic acids is 2. The number of rotatable bonds is 6. The Hall–Kier alpha value is -3.07. The first kappa shape index (κ1) is 24.1. The molecule has 4 rings (SSSR count). The van der Waals surface area contributed by atoms with Crippen LogP contribution in [0.2, 0.25) is 0 Å². The van der Waals surface area contributed by atoms with Crippen LogP contribution in [0.4, 0.5) is 18.0 Å². The molecule has 0 aromatic heterocycles. The van der Waals surface area contributed by atoms with Gasteiger partial charge in [-0.3, -0.25) is 14.6 Å². The van der Waals surface area contributed by atoms with Crippen LogP contribution in [0.5, 0.6) is 5.75 Å². The molecular weight excluding hydrogens is 447 g/mol. The van der Waals surface area contributed by atoms with Gasteiger partial charge in [0.2, 0.25) is 0 Å². The smallest absolute Gasteiger partial charge is 0.416 e. The highest BCUT2D eigenvalue weighted by molar-refractivity contribution is 6.06. The third kappa shape index (κ3) is 4.49. The molecule has 6 nitrogen and oxygen atoms in total. The van der Waals surface area contributed by atoms with E-state index in [2.05, 4.69) is 0 Å². The zero-order valence-electron chi connectivity index (χ0n) is 19.3. The van der Waals surface area contributed by atoms with E-state index in [4.69, 9.17) is 4.74 Å². The van der Waals surface area contributed by atoms with E-state index in [-0.39, 0.29) is 24.0 Å². The van der Waals surface area contributed by atoms with Crippen molar-refractivity contribution in [3.63, 3.8) is 0 Å². The van der Waals surface area contributed by atoms with Crippen LogP contribution in [0.25, 0.3) is 0 Å². The first-order valence-corrected chi connectivity index (χ1v) is 11.3. The molecule has 0 unspecified atom stereocenters. The van der Waals surface area contributed by atoms with Gasteiger partial charge in [-0.1, -0.05) is 30.3 Å². The maximum atomic E-state index is 13.4. The monoisotopic (exact) mass is 475 g/mol. The van der Waals surface area contributed by atoms with E-state index in [0.717, 1.165) is 17.4 Å². The Morgan fingerprint density at radius 3 is 2.26 bits per heavy atom. The molecule has 182 valence electrons. The number of urea groups is 1. The predicted octanol–water partition coefficient (Wildman–Crippen LogP) is 4.19. The topological polar surface area (TPSA) is 53.1 Å². The lowest BCUT2D eigenvalue weighted by molar-refractivity contribution is -0.138. The van der Waals surface area contributed by atoms with E-state index in [1.165, 1.54) is 24.1 Å². The molecule has 2 aliphatic heterocycles. The SMILES string of the molecule is COc1ccc(CCN2C(=O)N(C)C(=O)C23CCN(Cc2ccccc2C(F)(F)F)CC3)cc1. The number of likely N-dealkylation sites (N-methyl/N-ethyl adjacent to an activating group) is 1. The minimum absolute atomic E-state index is 0.148. The number of benzene rings is 2. The minimum atomic E-state index is -4.41. The molecule has 34 heavy (non-hydrogen) atoms. The van der Waals surface area contributed by atoms with Crippen LogP contribution in [-0.2, 0) is 23.9 Å². The van der Waals surface area contributed by atoms with Gasteiger partial charge in [-0.15, -0.1) is 0 Å². The maximum absolute atomic E-state index is 13.4. The molecule has 0 bridgehead atoms. The largest absolute Gasteiger partial charge is 0.497 e. The highest BCUT2D eigenvalue weighted by Gasteiger charge is 2.56. The summed E-state index contributed by atoms with van der Waals surface area (Å²) in [6.07, 6.45) is -3.05. The lowest BCUT2D eigenvalue weighted by Crippen LogP contribution is -2.56. The van der Waals surface area contributed by atoms with E-state index in [1.807, 2.05) is 29.2 Å². The number of imide groups is 1. The number of amides is 3. The van der Waals surface area contributed by atoms with Crippen LogP contribution in [0, 0.1) is 0 Å². The Morgan fingerprint density at radius 2 is 1.65 bits per heavy atom. The standard InChI is InChI=1S/C25H28F3N3O3/c1-29-22(32)24(31(23(29)33)14-11-18-7-9-20(34-2)10-8-18)12-15-30(16-13-24)17-19-5-3-4-6-21(19)25(26,27)28/h3-10H,11-17H2,1-2H3. The fourth-order valence-corrected chi connectivity index (χ4v) is 4.96. The number of hydrogen-bond donors (Lipinski definition) is 0. The zero-order valence-corrected chi connectivity index (χ0v) is 19.3. The number of nitrogens with zero attached hydrogens (tertiary/aromatic N) is 3. The van der Waals surface area contributed by atoms with Crippen molar-refractivity contribution in [1.29, 1.82) is 0 Å². The molecule has 0 radical (unpaired) electrons. The van der Waals surface area contributed by atoms with Gasteiger partial charge in [0.05, 0.1) is 12.7 Å². The number of piperidine rings is 1. The van der Waals surface area contributed by atoms with Gasteiger partial charge in [0.1, 0.15) is 11.3 Å². The van der Waals surface area contributed by atoms with Crippen molar-refractivity contribution in [2.24, 2.45) is 0 Å². The van der Waals surface area contributed by atoms with Gasteiger partial charge < -0.3 is 9.64 Å². The molecule has 2 aromatic rings. The molecule has 2 heterocycles. The number of likely N-dealkylation sites (tertiary alicyclic amines) is 1. The molecule has 2 saturated heterocycles. The summed E-state index contributed by atoms with van der Waals surface area (Å²) in [6.45, 7) is 1.39. The quantitative estimate of drug-likeness (QED) is 0.588. The molecule has 2 aliphatic rings. The number of hydrogen-bond acceptors (Lipinski definition) is 4. The summed E-state index contributed by atoms with van der Waals surface area (Å²) in [5.41, 5.74) is -0.346. The molecule has 2 fully saturated rings. The summed E-state index contributed by atoms with van der Waals surface area (Å²) in [4.78, 5) is 30.8. The minimum Gasteiger partial charge on any atom is -0.497 e. The van der Waals surface area contributed by atoms with Gasteiger partial charge in [-0.25, -0.2) is 4.79 Å². The summed E-state index contributed by atoms with van der Waals surface area (Å²) < 4.78 is 45.3. The molecule has 0 saturated carbocycles. The van der Waals surface area contributed by atoms with Crippen LogP contribution in [0.1, 0.15) is 29.5 Å². The lowest BCUT2D eigenvalue weighted by Gasteiger charge is -2.42. The van der Waals surface area contributed by atoms with Crippen LogP contribution < -0.4 is 4.74 Å². The van der Waals surface area contributed by atoms with Crippen molar-refractivity contribution in [2.75, 3.05) is 33.8 Å². The number of methoxy groups -OCH3 is 1. The Balaban J connectivity index is 1.46. The second kappa shape index (κ2) is 9.29. The fourth-order valence-electron chi connectivity index (χ4n) is 4.96. The van der Waals surface area contributed by atoms with Gasteiger partial charge in [0.25, 0.3) is 5.91 Å². The number of alkyl halides is 3. The predicted molar refractivity (Wildman–Crippen MR) is 120 cm³/mol. The second-order valence-electron chi connectivity index (χ2n) is 8.86. The zero-order chi connectivity index (χ0) is 24.5. The molecule has 1 spiro atoms. The van der Waals surface area contributed by atoms with Gasteiger partial charge in [-0.2, -0.15) is 13.2 Å². The fraction of sp³-hybridized carbons (Fsp3) is 0.440. The first-order valence-electron chi connectivity index (χ1n) is 11.3. The first-order chi connectivity index (χ1) is 16.2. The third-order valence-corrected chi connectivity index (χ3v) is 6.92. The highest BCUT2D eigenvalue weighted by atomic mass is 19.4. The van der Waals surface area contributed by atoms with E-state index < -0.39 is 17.3 Å². The Labute approximate surface area is 196 Å². The summed E-state index contributed by atoms with van der Waals surface area (Å²) in [5.74, 6) is 0.509. The molecule has 0 N–H and O–H groups in total. The van der Waals surface area contributed by atoms with E-state index in [9.17, 15) is 22.8 Å². The highest BCUT2D eigenvalue weighted by Crippen LogP contribution is 2.38. The van der Waals surface area contributed by atoms with Crippen molar-refractivity contribution < 1.29 is 27.5 Å². The van der Waals surface area contributed by atoms with Crippen LogP contribution >= 0.6 is 0 Å². The van der Waals surface area contributed by atoms with Crippen molar-refractivity contribution in [3.8, 4) is 5.75 Å². The summed E-state index contributed by atoms with van der Waals surface area (Å²) in [6, 6.07) is 12.8. The summed E-state index contributed by atoms with van der Waals surface area (Å²) >= 11 is 0. The Morgan fingerprint density at radius 1 is 1.00 bits per heavy atom. The van der Waals surface area contributed by atoms with Crippen LogP contribution in [0.3, 0.4) is 0 Å². The number of halogens is 3. The average Bonchev–Trinajstić information content (AvgIpc) is 3.00. The Bertz CT molecular complexity index is 1050. The lowest BCUT2D eigenvalue weighted by atomic mass is 9.85. The van der Waals surface area contributed by atoms with Gasteiger partial charge in [0.15, 0.2) is 0 Å². The maximum Gasteiger partial charge on any atom is 0.416 e. The molecule has 0 atom stereocenters.